The Kier molecular flexibility index (Phi) is 2.39. The lowest BCUT2D eigenvalue weighted by Crippen LogP contribution is -2.21. The molecule has 0 aliphatic heterocycles. The monoisotopic (exact) mass is 230 g/mol. The second-order valence-corrected chi connectivity index (χ2v) is 4.94. The van der Waals surface area contributed by atoms with Crippen LogP contribution in [-0.2, 0) is 0 Å². The molecule has 2 heteroatoms. The van der Waals surface area contributed by atoms with E-state index in [4.69, 9.17) is 9.47 Å². The van der Waals surface area contributed by atoms with E-state index < -0.39 is 0 Å². The number of allylic oxidation sites excluding steroid dienone is 2. The fourth-order valence-electron chi connectivity index (χ4n) is 3.38. The van der Waals surface area contributed by atoms with Crippen molar-refractivity contribution in [1.29, 1.82) is 0 Å². The molecule has 0 radical (unpaired) electrons. The number of fused-ring (bicyclic) bond motifs is 1. The highest BCUT2D eigenvalue weighted by molar-refractivity contribution is 5.59. The van der Waals surface area contributed by atoms with Crippen molar-refractivity contribution in [2.45, 2.75) is 31.6 Å². The molecule has 0 N–H and O–H groups in total. The first-order valence-electron chi connectivity index (χ1n) is 6.19. The van der Waals surface area contributed by atoms with Crippen LogP contribution >= 0.6 is 0 Å². The Balaban J connectivity index is 2.25. The number of ether oxygens (including phenoxy) is 2. The van der Waals surface area contributed by atoms with E-state index in [-0.39, 0.29) is 0 Å². The zero-order chi connectivity index (χ0) is 12.0. The van der Waals surface area contributed by atoms with Crippen LogP contribution < -0.4 is 9.47 Å². The summed E-state index contributed by atoms with van der Waals surface area (Å²) < 4.78 is 11.0. The number of hydrogen-bond acceptors (Lipinski definition) is 2. The van der Waals surface area contributed by atoms with Crippen LogP contribution in [0.4, 0.5) is 0 Å². The summed E-state index contributed by atoms with van der Waals surface area (Å²) in [5.74, 6) is 3.07. The summed E-state index contributed by atoms with van der Waals surface area (Å²) in [6.45, 7) is 2.23. The molecule has 0 saturated heterocycles. The summed E-state index contributed by atoms with van der Waals surface area (Å²) in [5, 5.41) is 0. The van der Waals surface area contributed by atoms with Gasteiger partial charge in [-0.05, 0) is 31.9 Å². The fraction of sp³-hybridized carbons (Fsp3) is 0.467. The first-order valence-corrected chi connectivity index (χ1v) is 6.19. The average molecular weight is 230 g/mol. The Morgan fingerprint density at radius 1 is 1.00 bits per heavy atom. The Bertz CT molecular complexity index is 488. The minimum absolute atomic E-state index is 0.514. The van der Waals surface area contributed by atoms with Gasteiger partial charge in [-0.15, -0.1) is 0 Å². The van der Waals surface area contributed by atoms with Gasteiger partial charge in [0.05, 0.1) is 14.2 Å². The molecule has 0 fully saturated rings. The normalized spacial score (nSPS) is 25.2. The van der Waals surface area contributed by atoms with E-state index in [1.165, 1.54) is 29.5 Å². The lowest BCUT2D eigenvalue weighted by molar-refractivity contribution is 0.376. The Hall–Kier alpha value is -1.44. The highest BCUT2D eigenvalue weighted by Crippen LogP contribution is 2.54. The van der Waals surface area contributed by atoms with Gasteiger partial charge in [0.1, 0.15) is 11.5 Å². The van der Waals surface area contributed by atoms with Crippen LogP contribution in [0.1, 0.15) is 42.7 Å². The molecule has 4 rings (SSSR count). The van der Waals surface area contributed by atoms with Gasteiger partial charge in [-0.1, -0.05) is 11.6 Å². The first-order chi connectivity index (χ1) is 8.26. The van der Waals surface area contributed by atoms with E-state index in [2.05, 4.69) is 13.0 Å². The van der Waals surface area contributed by atoms with Gasteiger partial charge in [-0.3, -0.25) is 0 Å². The SMILES string of the molecule is COc1ccc(OC)c2c1C1C=C(C)C2CC1. The minimum Gasteiger partial charge on any atom is -0.496 e. The molecule has 0 saturated carbocycles. The standard InChI is InChI=1S/C15H18O2/c1-9-8-10-4-5-11(9)15-13(17-3)7-6-12(16-2)14(10)15/h6-8,10-11H,4-5H2,1-3H3. The van der Waals surface area contributed by atoms with Crippen molar-refractivity contribution in [3.05, 3.63) is 34.9 Å². The molecule has 2 unspecified atom stereocenters. The van der Waals surface area contributed by atoms with Gasteiger partial charge < -0.3 is 9.47 Å². The molecule has 2 nitrogen and oxygen atoms in total. The van der Waals surface area contributed by atoms with Gasteiger partial charge in [0.2, 0.25) is 0 Å². The van der Waals surface area contributed by atoms with Crippen LogP contribution in [0.5, 0.6) is 11.5 Å². The van der Waals surface area contributed by atoms with E-state index in [1.807, 2.05) is 12.1 Å². The van der Waals surface area contributed by atoms with Crippen LogP contribution in [0.25, 0.3) is 0 Å². The third-order valence-electron chi connectivity index (χ3n) is 4.15. The van der Waals surface area contributed by atoms with Crippen molar-refractivity contribution < 1.29 is 9.47 Å². The maximum Gasteiger partial charge on any atom is 0.123 e. The van der Waals surface area contributed by atoms with Crippen LogP contribution in [-0.4, -0.2) is 14.2 Å². The topological polar surface area (TPSA) is 18.5 Å². The molecule has 2 bridgehead atoms. The second-order valence-electron chi connectivity index (χ2n) is 4.94. The van der Waals surface area contributed by atoms with Gasteiger partial charge in [0.25, 0.3) is 0 Å². The van der Waals surface area contributed by atoms with Crippen LogP contribution in [0.3, 0.4) is 0 Å². The van der Waals surface area contributed by atoms with E-state index in [9.17, 15) is 0 Å². The quantitative estimate of drug-likeness (QED) is 0.722. The lowest BCUT2D eigenvalue weighted by Gasteiger charge is -2.38. The lowest BCUT2D eigenvalue weighted by atomic mass is 9.67. The average Bonchev–Trinajstić information content (AvgIpc) is 2.37. The number of rotatable bonds is 2. The summed E-state index contributed by atoms with van der Waals surface area (Å²) in [6.07, 6.45) is 4.88. The first kappa shape index (κ1) is 10.7. The maximum absolute atomic E-state index is 5.53. The molecular weight excluding hydrogens is 212 g/mol. The third-order valence-corrected chi connectivity index (χ3v) is 4.15. The van der Waals surface area contributed by atoms with Gasteiger partial charge in [0, 0.05) is 23.0 Å². The molecule has 17 heavy (non-hydrogen) atoms. The summed E-state index contributed by atoms with van der Waals surface area (Å²) in [5.41, 5.74) is 4.21. The summed E-state index contributed by atoms with van der Waals surface area (Å²) >= 11 is 0. The summed E-state index contributed by atoms with van der Waals surface area (Å²) in [7, 11) is 3.50. The van der Waals surface area contributed by atoms with Crippen LogP contribution in [0, 0.1) is 0 Å². The highest BCUT2D eigenvalue weighted by atomic mass is 16.5. The number of methoxy groups -OCH3 is 2. The molecule has 0 spiro atoms. The van der Waals surface area contributed by atoms with E-state index >= 15 is 0 Å². The Morgan fingerprint density at radius 2 is 1.65 bits per heavy atom. The zero-order valence-corrected chi connectivity index (χ0v) is 10.6. The third kappa shape index (κ3) is 1.40. The molecule has 1 aromatic carbocycles. The Labute approximate surface area is 102 Å². The van der Waals surface area contributed by atoms with Gasteiger partial charge in [-0.2, -0.15) is 0 Å². The minimum atomic E-state index is 0.514. The smallest absolute Gasteiger partial charge is 0.123 e. The van der Waals surface area contributed by atoms with Crippen molar-refractivity contribution in [3.63, 3.8) is 0 Å². The number of hydrogen-bond donors (Lipinski definition) is 0. The largest absolute Gasteiger partial charge is 0.496 e. The molecule has 3 aliphatic carbocycles. The van der Waals surface area contributed by atoms with Gasteiger partial charge in [-0.25, -0.2) is 0 Å². The summed E-state index contributed by atoms with van der Waals surface area (Å²) in [6, 6.07) is 4.06. The number of benzene rings is 1. The van der Waals surface area contributed by atoms with E-state index in [0.717, 1.165) is 11.5 Å². The fourth-order valence-corrected chi connectivity index (χ4v) is 3.38. The molecular formula is C15H18O2. The molecule has 90 valence electrons. The molecule has 0 heterocycles. The second kappa shape index (κ2) is 3.80. The van der Waals surface area contributed by atoms with Crippen molar-refractivity contribution in [1.82, 2.24) is 0 Å². The molecule has 2 atom stereocenters. The predicted octanol–water partition coefficient (Wildman–Crippen LogP) is 3.62. The summed E-state index contributed by atoms with van der Waals surface area (Å²) in [4.78, 5) is 0. The Morgan fingerprint density at radius 3 is 2.24 bits per heavy atom. The van der Waals surface area contributed by atoms with Crippen molar-refractivity contribution in [3.8, 4) is 11.5 Å². The van der Waals surface area contributed by atoms with Crippen molar-refractivity contribution in [2.75, 3.05) is 14.2 Å². The zero-order valence-electron chi connectivity index (χ0n) is 10.6. The van der Waals surface area contributed by atoms with Crippen molar-refractivity contribution >= 4 is 0 Å². The van der Waals surface area contributed by atoms with E-state index in [1.54, 1.807) is 14.2 Å². The molecule has 0 aromatic heterocycles. The molecule has 1 aromatic rings. The highest BCUT2D eigenvalue weighted by Gasteiger charge is 2.36. The molecule has 3 aliphatic rings. The van der Waals surface area contributed by atoms with Gasteiger partial charge >= 0.3 is 0 Å². The predicted molar refractivity (Wildman–Crippen MR) is 68.0 cm³/mol. The van der Waals surface area contributed by atoms with E-state index in [0.29, 0.717) is 11.8 Å². The van der Waals surface area contributed by atoms with Crippen LogP contribution in [0.2, 0.25) is 0 Å². The maximum atomic E-state index is 5.53. The van der Waals surface area contributed by atoms with Gasteiger partial charge in [0.15, 0.2) is 0 Å². The van der Waals surface area contributed by atoms with Crippen LogP contribution in [0.15, 0.2) is 23.8 Å². The van der Waals surface area contributed by atoms with Crippen molar-refractivity contribution in [2.24, 2.45) is 0 Å². The molecule has 0 amide bonds.